The van der Waals surface area contributed by atoms with Crippen molar-refractivity contribution in [1.29, 1.82) is 0 Å². The molecule has 0 spiro atoms. The van der Waals surface area contributed by atoms with Crippen LogP contribution < -0.4 is 16.2 Å². The number of amides is 4. The van der Waals surface area contributed by atoms with Crippen molar-refractivity contribution in [2.45, 2.75) is 19.6 Å². The lowest BCUT2D eigenvalue weighted by atomic mass is 10.1. The monoisotopic (exact) mass is 616 g/mol. The summed E-state index contributed by atoms with van der Waals surface area (Å²) in [5.41, 5.74) is 1.31. The number of hydrogen-bond acceptors (Lipinski definition) is 7. The number of urea groups is 1. The third-order valence-electron chi connectivity index (χ3n) is 7.47. The van der Waals surface area contributed by atoms with Gasteiger partial charge in [-0.15, -0.1) is 0 Å². The molecule has 13 heteroatoms. The van der Waals surface area contributed by atoms with Crippen molar-refractivity contribution < 1.29 is 28.6 Å². The Hall–Kier alpha value is -5.46. The van der Waals surface area contributed by atoms with Gasteiger partial charge in [-0.2, -0.15) is 0 Å². The molecular weight excluding hydrogens is 583 g/mol. The highest BCUT2D eigenvalue weighted by Gasteiger charge is 2.25. The molecule has 1 aliphatic rings. The Balaban J connectivity index is 1.40. The van der Waals surface area contributed by atoms with Gasteiger partial charge in [0, 0.05) is 52.5 Å². The van der Waals surface area contributed by atoms with Gasteiger partial charge in [-0.25, -0.2) is 14.0 Å². The minimum atomic E-state index is -0.819. The van der Waals surface area contributed by atoms with E-state index in [0.29, 0.717) is 25.1 Å². The zero-order chi connectivity index (χ0) is 31.9. The van der Waals surface area contributed by atoms with E-state index in [9.17, 15) is 28.7 Å². The number of pyridine rings is 2. The number of aromatic nitrogens is 2. The number of carbonyl (C=O) groups is 3. The van der Waals surface area contributed by atoms with Gasteiger partial charge < -0.3 is 34.8 Å². The average molecular weight is 617 g/mol. The molecule has 4 amide bonds. The van der Waals surface area contributed by atoms with E-state index in [1.54, 1.807) is 18.2 Å². The van der Waals surface area contributed by atoms with Crippen LogP contribution >= 0.6 is 0 Å². The number of aromatic hydroxyl groups is 1. The molecule has 1 saturated heterocycles. The number of rotatable bonds is 11. The predicted octanol–water partition coefficient (Wildman–Crippen LogP) is 2.86. The van der Waals surface area contributed by atoms with E-state index in [1.807, 2.05) is 30.3 Å². The standard InChI is InChI=1S/C32H33FN6O6/c1-37(32(44)45-20-22-5-3-2-4-6-22)15-16-39-25-18-23(17-21-7-9-24(33)10-8-21)19-36-27(25)28(40)26(30(39)42)29(41)34-11-13-38-14-12-35-31(38)43/h2-10,18-19,40H,11-17,20H2,1H3,(H,34,41)(H,35,43). The highest BCUT2D eigenvalue weighted by Crippen LogP contribution is 2.26. The molecule has 0 radical (unpaired) electrons. The molecule has 2 aromatic heterocycles. The van der Waals surface area contributed by atoms with Crippen LogP contribution in [0.3, 0.4) is 0 Å². The molecule has 0 unspecified atom stereocenters. The van der Waals surface area contributed by atoms with Gasteiger partial charge in [-0.3, -0.25) is 14.6 Å². The summed E-state index contributed by atoms with van der Waals surface area (Å²) in [4.78, 5) is 58.7. The van der Waals surface area contributed by atoms with E-state index in [1.165, 1.54) is 39.7 Å². The minimum Gasteiger partial charge on any atom is -0.505 e. The second-order valence-corrected chi connectivity index (χ2v) is 10.6. The fourth-order valence-corrected chi connectivity index (χ4v) is 5.00. The third kappa shape index (κ3) is 7.37. The lowest BCUT2D eigenvalue weighted by molar-refractivity contribution is 0.0943. The van der Waals surface area contributed by atoms with Gasteiger partial charge in [0.05, 0.1) is 5.52 Å². The molecule has 234 valence electrons. The first-order valence-electron chi connectivity index (χ1n) is 14.4. The van der Waals surface area contributed by atoms with Crippen LogP contribution in [0.4, 0.5) is 14.0 Å². The average Bonchev–Trinajstić information content (AvgIpc) is 3.45. The number of likely N-dealkylation sites (N-methyl/N-ethyl adjacent to an activating group) is 1. The topological polar surface area (TPSA) is 146 Å². The number of halogens is 1. The Bertz CT molecular complexity index is 1760. The maximum absolute atomic E-state index is 13.8. The van der Waals surface area contributed by atoms with E-state index in [0.717, 1.165) is 11.1 Å². The highest BCUT2D eigenvalue weighted by molar-refractivity contribution is 6.01. The van der Waals surface area contributed by atoms with Crippen LogP contribution in [-0.4, -0.2) is 82.3 Å². The van der Waals surface area contributed by atoms with Crippen LogP contribution in [0.5, 0.6) is 5.75 Å². The second-order valence-electron chi connectivity index (χ2n) is 10.6. The van der Waals surface area contributed by atoms with Gasteiger partial charge in [0.15, 0.2) is 5.75 Å². The fourth-order valence-electron chi connectivity index (χ4n) is 5.00. The summed E-state index contributed by atoms with van der Waals surface area (Å²) in [5, 5.41) is 16.4. The molecule has 0 aliphatic carbocycles. The van der Waals surface area contributed by atoms with Gasteiger partial charge >= 0.3 is 12.1 Å². The third-order valence-corrected chi connectivity index (χ3v) is 7.47. The Kier molecular flexibility index (Phi) is 9.56. The van der Waals surface area contributed by atoms with Crippen LogP contribution in [0, 0.1) is 5.82 Å². The van der Waals surface area contributed by atoms with Gasteiger partial charge in [-0.1, -0.05) is 42.5 Å². The Morgan fingerprint density at radius 1 is 1.07 bits per heavy atom. The smallest absolute Gasteiger partial charge is 0.409 e. The van der Waals surface area contributed by atoms with Crippen LogP contribution in [0.15, 0.2) is 71.7 Å². The predicted molar refractivity (Wildman–Crippen MR) is 163 cm³/mol. The molecule has 4 aromatic rings. The second kappa shape index (κ2) is 13.9. The first-order valence-corrected chi connectivity index (χ1v) is 14.4. The number of benzene rings is 2. The molecule has 0 saturated carbocycles. The van der Waals surface area contributed by atoms with Crippen molar-refractivity contribution in [3.63, 3.8) is 0 Å². The number of ether oxygens (including phenoxy) is 1. The molecule has 3 N–H and O–H groups in total. The van der Waals surface area contributed by atoms with Crippen molar-refractivity contribution in [3.8, 4) is 5.75 Å². The zero-order valence-electron chi connectivity index (χ0n) is 24.7. The molecular formula is C32H33FN6O6. The molecule has 1 aliphatic heterocycles. The number of fused-ring (bicyclic) bond motifs is 1. The number of hydrogen-bond donors (Lipinski definition) is 3. The van der Waals surface area contributed by atoms with Gasteiger partial charge in [0.1, 0.15) is 23.5 Å². The van der Waals surface area contributed by atoms with E-state index >= 15 is 0 Å². The van der Waals surface area contributed by atoms with E-state index in [4.69, 9.17) is 4.74 Å². The lowest BCUT2D eigenvalue weighted by Crippen LogP contribution is -2.40. The van der Waals surface area contributed by atoms with Gasteiger partial charge in [0.2, 0.25) is 0 Å². The van der Waals surface area contributed by atoms with E-state index in [2.05, 4.69) is 15.6 Å². The zero-order valence-corrected chi connectivity index (χ0v) is 24.7. The summed E-state index contributed by atoms with van der Waals surface area (Å²) in [6.07, 6.45) is 1.28. The van der Waals surface area contributed by atoms with Crippen LogP contribution in [0.25, 0.3) is 11.0 Å². The maximum atomic E-state index is 13.8. The number of carbonyl (C=O) groups excluding carboxylic acids is 3. The van der Waals surface area contributed by atoms with Crippen LogP contribution in [-0.2, 0) is 24.3 Å². The number of nitrogens with zero attached hydrogens (tertiary/aromatic N) is 4. The van der Waals surface area contributed by atoms with E-state index in [-0.39, 0.29) is 55.7 Å². The molecule has 0 bridgehead atoms. The molecule has 5 rings (SSSR count). The van der Waals surface area contributed by atoms with Crippen LogP contribution in [0.2, 0.25) is 0 Å². The maximum Gasteiger partial charge on any atom is 0.409 e. The Morgan fingerprint density at radius 3 is 2.53 bits per heavy atom. The first-order chi connectivity index (χ1) is 21.7. The van der Waals surface area contributed by atoms with Crippen molar-refractivity contribution in [2.24, 2.45) is 0 Å². The van der Waals surface area contributed by atoms with Gasteiger partial charge in [-0.05, 0) is 41.3 Å². The van der Waals surface area contributed by atoms with Crippen molar-refractivity contribution in [3.05, 3.63) is 105 Å². The first kappa shape index (κ1) is 31.0. The summed E-state index contributed by atoms with van der Waals surface area (Å²) >= 11 is 0. The van der Waals surface area contributed by atoms with Crippen molar-refractivity contribution >= 4 is 29.1 Å². The SMILES string of the molecule is CN(CCn1c(=O)c(C(=O)NCCN2CCNC2=O)c(O)c2ncc(Cc3ccc(F)cc3)cc21)C(=O)OCc1ccccc1. The van der Waals surface area contributed by atoms with Crippen LogP contribution in [0.1, 0.15) is 27.0 Å². The molecule has 1 fully saturated rings. The van der Waals surface area contributed by atoms with Gasteiger partial charge in [0.25, 0.3) is 11.5 Å². The largest absolute Gasteiger partial charge is 0.505 e. The van der Waals surface area contributed by atoms with Crippen molar-refractivity contribution in [1.82, 2.24) is 30.0 Å². The minimum absolute atomic E-state index is 0.0239. The molecule has 12 nitrogen and oxygen atoms in total. The Labute approximate surface area is 258 Å². The quantitative estimate of drug-likeness (QED) is 0.235. The summed E-state index contributed by atoms with van der Waals surface area (Å²) in [6, 6.07) is 16.6. The van der Waals surface area contributed by atoms with E-state index < -0.39 is 28.9 Å². The molecule has 0 atom stereocenters. The summed E-state index contributed by atoms with van der Waals surface area (Å²) in [6.45, 7) is 1.36. The molecule has 45 heavy (non-hydrogen) atoms. The lowest BCUT2D eigenvalue weighted by Gasteiger charge is -2.20. The number of nitrogens with one attached hydrogen (secondary N) is 2. The summed E-state index contributed by atoms with van der Waals surface area (Å²) in [5.74, 6) is -1.76. The summed E-state index contributed by atoms with van der Waals surface area (Å²) < 4.78 is 20.1. The van der Waals surface area contributed by atoms with Crippen molar-refractivity contribution in [2.75, 3.05) is 39.8 Å². The summed E-state index contributed by atoms with van der Waals surface area (Å²) in [7, 11) is 1.53. The molecule has 3 heterocycles. The normalized spacial score (nSPS) is 12.7. The molecule has 2 aromatic carbocycles. The fraction of sp³-hybridized carbons (Fsp3) is 0.281. The highest BCUT2D eigenvalue weighted by atomic mass is 19.1. The Morgan fingerprint density at radius 2 is 1.82 bits per heavy atom.